The molecule has 0 radical (unpaired) electrons. The first-order chi connectivity index (χ1) is 10.5. The first-order valence-corrected chi connectivity index (χ1v) is 6.49. The molecule has 8 heteroatoms. The second-order valence-electron chi connectivity index (χ2n) is 4.77. The van der Waals surface area contributed by atoms with Gasteiger partial charge in [-0.1, -0.05) is 5.16 Å². The van der Waals surface area contributed by atoms with Gasteiger partial charge in [0.05, 0.1) is 7.11 Å². The number of benzene rings is 1. The van der Waals surface area contributed by atoms with Crippen molar-refractivity contribution in [2.75, 3.05) is 12.4 Å². The molecule has 22 heavy (non-hydrogen) atoms. The summed E-state index contributed by atoms with van der Waals surface area (Å²) in [5, 5.41) is 7.07. The molecule has 114 valence electrons. The number of nitrogens with one attached hydrogen (secondary N) is 1. The molecular weight excluding hydrogens is 288 g/mol. The lowest BCUT2D eigenvalue weighted by Crippen LogP contribution is -2.36. The van der Waals surface area contributed by atoms with Gasteiger partial charge in [0, 0.05) is 19.8 Å². The van der Waals surface area contributed by atoms with Gasteiger partial charge in [0.25, 0.3) is 5.56 Å². The summed E-state index contributed by atoms with van der Waals surface area (Å²) >= 11 is 0. The van der Waals surface area contributed by atoms with Crippen molar-refractivity contribution in [3.8, 4) is 5.75 Å². The molecule has 0 saturated heterocycles. The van der Waals surface area contributed by atoms with E-state index in [1.54, 1.807) is 31.4 Å². The molecule has 0 bridgehead atoms. The minimum Gasteiger partial charge on any atom is -0.497 e. The molecule has 0 fully saturated rings. The van der Waals surface area contributed by atoms with Crippen LogP contribution in [0.4, 0.5) is 11.5 Å². The van der Waals surface area contributed by atoms with E-state index in [2.05, 4.69) is 10.5 Å². The normalized spacial score (nSPS) is 10.9. The average molecular weight is 302 g/mol. The third kappa shape index (κ3) is 2.05. The first-order valence-electron chi connectivity index (χ1n) is 6.49. The van der Waals surface area contributed by atoms with Gasteiger partial charge in [-0.3, -0.25) is 13.9 Å². The molecule has 3 rings (SSSR count). The monoisotopic (exact) mass is 302 g/mol. The Kier molecular flexibility index (Phi) is 3.21. The van der Waals surface area contributed by atoms with E-state index in [4.69, 9.17) is 9.26 Å². The number of fused-ring (bicyclic) bond motifs is 1. The van der Waals surface area contributed by atoms with E-state index in [9.17, 15) is 9.59 Å². The number of aromatic nitrogens is 3. The SMILES string of the molecule is COc1ccc(Nc2noc3c2c(=O)n(C)c(=O)n3C)cc1. The Morgan fingerprint density at radius 3 is 2.45 bits per heavy atom. The van der Waals surface area contributed by atoms with Crippen LogP contribution in [-0.4, -0.2) is 21.4 Å². The topological polar surface area (TPSA) is 91.3 Å². The number of aryl methyl sites for hydroxylation is 1. The molecule has 0 unspecified atom stereocenters. The summed E-state index contributed by atoms with van der Waals surface area (Å²) in [4.78, 5) is 24.1. The van der Waals surface area contributed by atoms with Crippen LogP contribution < -0.4 is 21.3 Å². The van der Waals surface area contributed by atoms with Crippen molar-refractivity contribution in [2.24, 2.45) is 14.1 Å². The lowest BCUT2D eigenvalue weighted by Gasteiger charge is -2.05. The van der Waals surface area contributed by atoms with Gasteiger partial charge in [0.2, 0.25) is 5.71 Å². The van der Waals surface area contributed by atoms with E-state index >= 15 is 0 Å². The summed E-state index contributed by atoms with van der Waals surface area (Å²) in [5.74, 6) is 0.977. The van der Waals surface area contributed by atoms with Crippen molar-refractivity contribution in [2.45, 2.75) is 0 Å². The maximum absolute atomic E-state index is 12.3. The average Bonchev–Trinajstić information content (AvgIpc) is 2.95. The van der Waals surface area contributed by atoms with Gasteiger partial charge in [-0.25, -0.2) is 4.79 Å². The third-order valence-electron chi connectivity index (χ3n) is 3.42. The predicted molar refractivity (Wildman–Crippen MR) is 80.8 cm³/mol. The summed E-state index contributed by atoms with van der Waals surface area (Å²) in [6, 6.07) is 7.12. The summed E-state index contributed by atoms with van der Waals surface area (Å²) in [6.45, 7) is 0. The van der Waals surface area contributed by atoms with Gasteiger partial charge >= 0.3 is 5.69 Å². The van der Waals surface area contributed by atoms with Crippen LogP contribution >= 0.6 is 0 Å². The van der Waals surface area contributed by atoms with E-state index in [1.807, 2.05) is 0 Å². The molecule has 0 aliphatic heterocycles. The lowest BCUT2D eigenvalue weighted by atomic mass is 10.3. The van der Waals surface area contributed by atoms with Crippen LogP contribution in [0.15, 0.2) is 38.4 Å². The van der Waals surface area contributed by atoms with Crippen LogP contribution in [0, 0.1) is 0 Å². The van der Waals surface area contributed by atoms with Gasteiger partial charge in [-0.15, -0.1) is 0 Å². The van der Waals surface area contributed by atoms with Gasteiger partial charge < -0.3 is 14.6 Å². The number of hydrogen-bond donors (Lipinski definition) is 1. The fourth-order valence-corrected chi connectivity index (χ4v) is 2.17. The highest BCUT2D eigenvalue weighted by molar-refractivity contribution is 5.87. The van der Waals surface area contributed by atoms with Crippen LogP contribution in [0.2, 0.25) is 0 Å². The van der Waals surface area contributed by atoms with Crippen molar-refractivity contribution in [1.82, 2.24) is 14.3 Å². The molecular formula is C14H14N4O4. The Morgan fingerprint density at radius 2 is 1.82 bits per heavy atom. The Morgan fingerprint density at radius 1 is 1.14 bits per heavy atom. The summed E-state index contributed by atoms with van der Waals surface area (Å²) in [6.07, 6.45) is 0. The zero-order chi connectivity index (χ0) is 15.9. The van der Waals surface area contributed by atoms with E-state index in [0.717, 1.165) is 4.57 Å². The van der Waals surface area contributed by atoms with Crippen LogP contribution in [0.25, 0.3) is 11.1 Å². The van der Waals surface area contributed by atoms with E-state index in [1.165, 1.54) is 18.7 Å². The molecule has 1 N–H and O–H groups in total. The summed E-state index contributed by atoms with van der Waals surface area (Å²) in [7, 11) is 4.51. The largest absolute Gasteiger partial charge is 0.497 e. The highest BCUT2D eigenvalue weighted by atomic mass is 16.5. The molecule has 1 aromatic carbocycles. The highest BCUT2D eigenvalue weighted by Gasteiger charge is 2.18. The molecule has 0 spiro atoms. The number of ether oxygens (including phenoxy) is 1. The van der Waals surface area contributed by atoms with Crippen LogP contribution in [0.1, 0.15) is 0 Å². The Labute approximate surface area is 124 Å². The van der Waals surface area contributed by atoms with Crippen molar-refractivity contribution in [1.29, 1.82) is 0 Å². The number of rotatable bonds is 3. The highest BCUT2D eigenvalue weighted by Crippen LogP contribution is 2.23. The van der Waals surface area contributed by atoms with Gasteiger partial charge in [-0.05, 0) is 24.3 Å². The summed E-state index contributed by atoms with van der Waals surface area (Å²) < 4.78 is 12.5. The third-order valence-corrected chi connectivity index (χ3v) is 3.42. The minimum atomic E-state index is -0.468. The number of anilines is 2. The second-order valence-corrected chi connectivity index (χ2v) is 4.77. The van der Waals surface area contributed by atoms with Gasteiger partial charge in [-0.2, -0.15) is 0 Å². The molecule has 0 aliphatic carbocycles. The zero-order valence-electron chi connectivity index (χ0n) is 12.3. The maximum atomic E-state index is 12.3. The first kappa shape index (κ1) is 13.9. The van der Waals surface area contributed by atoms with Crippen LogP contribution in [-0.2, 0) is 14.1 Å². The maximum Gasteiger partial charge on any atom is 0.333 e. The number of methoxy groups -OCH3 is 1. The molecule has 2 aromatic heterocycles. The molecule has 0 aliphatic rings. The van der Waals surface area contributed by atoms with Crippen LogP contribution in [0.5, 0.6) is 5.75 Å². The standard InChI is InChI=1S/C14H14N4O4/c1-17-12(19)10-11(16-22-13(10)18(2)14(17)20)15-8-4-6-9(21-3)7-5-8/h4-7H,1-3H3,(H,15,16). The second kappa shape index (κ2) is 5.06. The molecule has 0 amide bonds. The molecule has 0 saturated carbocycles. The van der Waals surface area contributed by atoms with Gasteiger partial charge in [0.1, 0.15) is 11.1 Å². The quantitative estimate of drug-likeness (QED) is 0.775. The Hall–Kier alpha value is -3.03. The van der Waals surface area contributed by atoms with Crippen molar-refractivity contribution < 1.29 is 9.26 Å². The van der Waals surface area contributed by atoms with E-state index in [0.29, 0.717) is 11.4 Å². The zero-order valence-corrected chi connectivity index (χ0v) is 12.3. The fraction of sp³-hybridized carbons (Fsp3) is 0.214. The van der Waals surface area contributed by atoms with E-state index in [-0.39, 0.29) is 16.9 Å². The van der Waals surface area contributed by atoms with Crippen molar-refractivity contribution in [3.63, 3.8) is 0 Å². The lowest BCUT2D eigenvalue weighted by molar-refractivity contribution is 0.415. The molecule has 3 aromatic rings. The van der Waals surface area contributed by atoms with Crippen molar-refractivity contribution in [3.05, 3.63) is 45.1 Å². The fourth-order valence-electron chi connectivity index (χ4n) is 2.17. The van der Waals surface area contributed by atoms with Crippen LogP contribution in [0.3, 0.4) is 0 Å². The molecule has 2 heterocycles. The molecule has 8 nitrogen and oxygen atoms in total. The number of hydrogen-bond acceptors (Lipinski definition) is 6. The van der Waals surface area contributed by atoms with Crippen molar-refractivity contribution >= 4 is 22.6 Å². The number of nitrogens with zero attached hydrogens (tertiary/aromatic N) is 3. The Bertz CT molecular complexity index is 950. The predicted octanol–water partition coefficient (Wildman–Crippen LogP) is 0.977. The van der Waals surface area contributed by atoms with Gasteiger partial charge in [0.15, 0.2) is 5.82 Å². The Balaban J connectivity index is 2.12. The smallest absolute Gasteiger partial charge is 0.333 e. The minimum absolute atomic E-state index is 0.129. The van der Waals surface area contributed by atoms with E-state index < -0.39 is 11.2 Å². The summed E-state index contributed by atoms with van der Waals surface area (Å²) in [5.41, 5.74) is -0.0870. The molecule has 0 atom stereocenters.